The largest absolute Gasteiger partial charge is 0.271 e. The average molecular weight is 295 g/mol. The van der Waals surface area contributed by atoms with Gasteiger partial charge in [0.15, 0.2) is 0 Å². The Morgan fingerprint density at radius 1 is 1.29 bits per heavy atom. The van der Waals surface area contributed by atoms with E-state index >= 15 is 0 Å². The molecule has 122 valence electrons. The fourth-order valence-corrected chi connectivity index (χ4v) is 2.99. The maximum Gasteiger partial charge on any atom is 0.138 e. The van der Waals surface area contributed by atoms with Gasteiger partial charge in [-0.3, -0.25) is 11.3 Å². The lowest BCUT2D eigenvalue weighted by Gasteiger charge is -2.26. The van der Waals surface area contributed by atoms with Gasteiger partial charge in [0.05, 0.1) is 0 Å². The molecule has 5 nitrogen and oxygen atoms in total. The van der Waals surface area contributed by atoms with E-state index < -0.39 is 0 Å². The summed E-state index contributed by atoms with van der Waals surface area (Å²) in [6.45, 7) is 14.4. The van der Waals surface area contributed by atoms with Crippen molar-refractivity contribution in [2.45, 2.75) is 73.4 Å². The van der Waals surface area contributed by atoms with Crippen LogP contribution in [0.5, 0.6) is 0 Å². The van der Waals surface area contributed by atoms with E-state index in [1.54, 1.807) is 6.33 Å². The van der Waals surface area contributed by atoms with Gasteiger partial charge >= 0.3 is 0 Å². The summed E-state index contributed by atoms with van der Waals surface area (Å²) in [5.74, 6) is 7.96. The second-order valence-electron chi connectivity index (χ2n) is 7.93. The quantitative estimate of drug-likeness (QED) is 0.571. The molecule has 0 aliphatic heterocycles. The molecule has 0 fully saturated rings. The summed E-state index contributed by atoms with van der Waals surface area (Å²) >= 11 is 0. The van der Waals surface area contributed by atoms with E-state index in [0.717, 1.165) is 25.2 Å². The molecule has 0 radical (unpaired) electrons. The van der Waals surface area contributed by atoms with Gasteiger partial charge < -0.3 is 0 Å². The minimum Gasteiger partial charge on any atom is -0.271 e. The predicted molar refractivity (Wildman–Crippen MR) is 87.5 cm³/mol. The van der Waals surface area contributed by atoms with E-state index in [2.05, 4.69) is 57.1 Å². The first kappa shape index (κ1) is 18.1. The molecule has 2 atom stereocenters. The van der Waals surface area contributed by atoms with Crippen LogP contribution >= 0.6 is 0 Å². The molecule has 0 amide bonds. The monoisotopic (exact) mass is 295 g/mol. The van der Waals surface area contributed by atoms with E-state index in [1.807, 2.05) is 4.68 Å². The molecule has 0 aliphatic carbocycles. The number of aromatic nitrogens is 3. The molecule has 3 N–H and O–H groups in total. The zero-order valence-electron chi connectivity index (χ0n) is 14.6. The van der Waals surface area contributed by atoms with Gasteiger partial charge in [-0.1, -0.05) is 41.5 Å². The van der Waals surface area contributed by atoms with Crippen molar-refractivity contribution in [1.82, 2.24) is 20.2 Å². The maximum absolute atomic E-state index is 5.75. The second kappa shape index (κ2) is 7.90. The number of nitrogens with zero attached hydrogens (tertiary/aromatic N) is 3. The average Bonchev–Trinajstić information content (AvgIpc) is 2.72. The van der Waals surface area contributed by atoms with Crippen molar-refractivity contribution in [2.75, 3.05) is 0 Å². The highest BCUT2D eigenvalue weighted by molar-refractivity contribution is 4.90. The lowest BCUT2D eigenvalue weighted by atomic mass is 9.82. The van der Waals surface area contributed by atoms with Crippen LogP contribution in [0, 0.1) is 17.3 Å². The summed E-state index contributed by atoms with van der Waals surface area (Å²) in [5, 5.41) is 4.32. The van der Waals surface area contributed by atoms with E-state index in [1.165, 1.54) is 6.42 Å². The van der Waals surface area contributed by atoms with E-state index in [0.29, 0.717) is 17.3 Å². The molecule has 0 saturated heterocycles. The third-order valence-electron chi connectivity index (χ3n) is 3.55. The smallest absolute Gasteiger partial charge is 0.138 e. The molecule has 0 aromatic carbocycles. The fraction of sp³-hybridized carbons (Fsp3) is 0.875. The van der Waals surface area contributed by atoms with Crippen LogP contribution in [0.1, 0.15) is 60.2 Å². The summed E-state index contributed by atoms with van der Waals surface area (Å²) in [7, 11) is 0. The molecule has 1 aromatic heterocycles. The highest BCUT2D eigenvalue weighted by atomic mass is 15.3. The van der Waals surface area contributed by atoms with Crippen molar-refractivity contribution in [2.24, 2.45) is 23.1 Å². The first-order valence-electron chi connectivity index (χ1n) is 8.04. The van der Waals surface area contributed by atoms with Crippen LogP contribution in [0.2, 0.25) is 0 Å². The van der Waals surface area contributed by atoms with Crippen LogP contribution in [0.4, 0.5) is 0 Å². The molecule has 21 heavy (non-hydrogen) atoms. The first-order chi connectivity index (χ1) is 9.71. The maximum atomic E-state index is 5.75. The van der Waals surface area contributed by atoms with E-state index in [4.69, 9.17) is 5.84 Å². The highest BCUT2D eigenvalue weighted by Gasteiger charge is 2.20. The van der Waals surface area contributed by atoms with Crippen molar-refractivity contribution in [3.63, 3.8) is 0 Å². The highest BCUT2D eigenvalue weighted by Crippen LogP contribution is 2.27. The van der Waals surface area contributed by atoms with Gasteiger partial charge in [-0.15, -0.1) is 0 Å². The lowest BCUT2D eigenvalue weighted by molar-refractivity contribution is 0.272. The van der Waals surface area contributed by atoms with E-state index in [9.17, 15) is 0 Å². The minimum atomic E-state index is 0.248. The first-order valence-corrected chi connectivity index (χ1v) is 8.04. The number of nitrogens with two attached hydrogens (primary N) is 1. The third kappa shape index (κ3) is 7.05. The van der Waals surface area contributed by atoms with Gasteiger partial charge in [0.2, 0.25) is 0 Å². The van der Waals surface area contributed by atoms with Crippen molar-refractivity contribution in [3.05, 3.63) is 12.2 Å². The van der Waals surface area contributed by atoms with Crippen LogP contribution in [0.15, 0.2) is 6.33 Å². The van der Waals surface area contributed by atoms with Crippen LogP contribution in [-0.2, 0) is 13.0 Å². The summed E-state index contributed by atoms with van der Waals surface area (Å²) in [4.78, 5) is 4.40. The Balaban J connectivity index is 2.60. The summed E-state index contributed by atoms with van der Waals surface area (Å²) in [6.07, 6.45) is 4.73. The Morgan fingerprint density at radius 2 is 1.95 bits per heavy atom. The Labute approximate surface area is 129 Å². The Bertz CT molecular complexity index is 405. The zero-order chi connectivity index (χ0) is 16.0. The van der Waals surface area contributed by atoms with Gasteiger partial charge in [0.1, 0.15) is 12.2 Å². The van der Waals surface area contributed by atoms with Gasteiger partial charge in [-0.25, -0.2) is 9.67 Å². The standard InChI is InChI=1S/C16H33N5/c1-12(2)10-21-15(18-11-19-21)8-14(20-17)7-13(3)9-16(4,5)6/h11-14,20H,7-10,17H2,1-6H3. The van der Waals surface area contributed by atoms with Crippen LogP contribution < -0.4 is 11.3 Å². The topological polar surface area (TPSA) is 68.8 Å². The van der Waals surface area contributed by atoms with Crippen LogP contribution in [0.25, 0.3) is 0 Å². The van der Waals surface area contributed by atoms with Crippen molar-refractivity contribution < 1.29 is 0 Å². The van der Waals surface area contributed by atoms with Crippen LogP contribution in [-0.4, -0.2) is 20.8 Å². The normalized spacial score (nSPS) is 15.4. The van der Waals surface area contributed by atoms with Gasteiger partial charge in [-0.05, 0) is 30.1 Å². The zero-order valence-corrected chi connectivity index (χ0v) is 14.6. The van der Waals surface area contributed by atoms with Crippen molar-refractivity contribution in [1.29, 1.82) is 0 Å². The predicted octanol–water partition coefficient (Wildman–Crippen LogP) is 2.77. The Morgan fingerprint density at radius 3 is 2.48 bits per heavy atom. The number of hydrogen-bond donors (Lipinski definition) is 2. The summed E-state index contributed by atoms with van der Waals surface area (Å²) in [6, 6.07) is 0.248. The van der Waals surface area contributed by atoms with Crippen molar-refractivity contribution >= 4 is 0 Å². The minimum absolute atomic E-state index is 0.248. The Hall–Kier alpha value is -0.940. The third-order valence-corrected chi connectivity index (χ3v) is 3.55. The summed E-state index contributed by atoms with van der Waals surface area (Å²) < 4.78 is 2.00. The molecule has 1 rings (SSSR count). The molecular formula is C16H33N5. The Kier molecular flexibility index (Phi) is 6.81. The molecule has 2 unspecified atom stereocenters. The van der Waals surface area contributed by atoms with Gasteiger partial charge in [-0.2, -0.15) is 5.10 Å². The number of rotatable bonds is 8. The number of nitrogens with one attached hydrogen (secondary N) is 1. The van der Waals surface area contributed by atoms with E-state index in [-0.39, 0.29) is 6.04 Å². The molecule has 0 bridgehead atoms. The molecule has 0 spiro atoms. The SMILES string of the molecule is CC(C)Cn1ncnc1CC(CC(C)CC(C)(C)C)NN. The van der Waals surface area contributed by atoms with Crippen molar-refractivity contribution in [3.8, 4) is 0 Å². The molecule has 1 aromatic rings. The number of hydrazine groups is 1. The molecular weight excluding hydrogens is 262 g/mol. The van der Waals surface area contributed by atoms with Crippen LogP contribution in [0.3, 0.4) is 0 Å². The molecule has 1 heterocycles. The second-order valence-corrected chi connectivity index (χ2v) is 7.93. The fourth-order valence-electron chi connectivity index (χ4n) is 2.99. The molecule has 0 aliphatic rings. The number of hydrogen-bond acceptors (Lipinski definition) is 4. The molecule has 5 heteroatoms. The summed E-state index contributed by atoms with van der Waals surface area (Å²) in [5.41, 5.74) is 3.31. The lowest BCUT2D eigenvalue weighted by Crippen LogP contribution is -2.39. The van der Waals surface area contributed by atoms with Gasteiger partial charge in [0, 0.05) is 19.0 Å². The molecule has 0 saturated carbocycles. The van der Waals surface area contributed by atoms with Gasteiger partial charge in [0.25, 0.3) is 0 Å².